The van der Waals surface area contributed by atoms with Gasteiger partial charge in [-0.1, -0.05) is 18.2 Å². The van der Waals surface area contributed by atoms with E-state index in [-0.39, 0.29) is 28.2 Å². The number of nitrogens with zero attached hydrogens (tertiary/aromatic N) is 5. The van der Waals surface area contributed by atoms with Crippen LogP contribution in [-0.4, -0.2) is 31.9 Å². The number of benzene rings is 2. The van der Waals surface area contributed by atoms with Crippen LogP contribution in [0.15, 0.2) is 64.3 Å². The summed E-state index contributed by atoms with van der Waals surface area (Å²) in [5.41, 5.74) is -1.99. The molecule has 2 aromatic heterocycles. The van der Waals surface area contributed by atoms with E-state index in [0.29, 0.717) is 11.4 Å². The number of carbonyl (C=O) groups is 1. The third-order valence-electron chi connectivity index (χ3n) is 5.83. The molecule has 188 valence electrons. The summed E-state index contributed by atoms with van der Waals surface area (Å²) in [6, 6.07) is 10.4. The van der Waals surface area contributed by atoms with Crippen molar-refractivity contribution in [2.24, 2.45) is 7.05 Å². The first-order valence-electron chi connectivity index (χ1n) is 10.8. The van der Waals surface area contributed by atoms with Gasteiger partial charge < -0.3 is 5.32 Å². The van der Waals surface area contributed by atoms with Crippen LogP contribution in [0.25, 0.3) is 27.5 Å². The fraction of sp³-hybridized carbons (Fsp3) is 0.160. The minimum Gasteiger partial charge on any atom is -0.355 e. The molecule has 0 atom stereocenters. The minimum atomic E-state index is -4.65. The molecule has 0 unspecified atom stereocenters. The number of halogens is 3. The Morgan fingerprint density at radius 2 is 1.76 bits per heavy atom. The molecule has 0 aliphatic heterocycles. The molecule has 4 rings (SSSR count). The molecule has 0 saturated heterocycles. The van der Waals surface area contributed by atoms with Crippen molar-refractivity contribution < 1.29 is 18.0 Å². The van der Waals surface area contributed by atoms with Crippen molar-refractivity contribution in [2.75, 3.05) is 7.05 Å². The number of carbonyl (C=O) groups excluding carboxylic acids is 1. The monoisotopic (exact) mass is 508 g/mol. The lowest BCUT2D eigenvalue weighted by Crippen LogP contribution is -2.40. The largest absolute Gasteiger partial charge is 0.416 e. The van der Waals surface area contributed by atoms with Crippen molar-refractivity contribution in [2.45, 2.75) is 13.1 Å². The van der Waals surface area contributed by atoms with Crippen molar-refractivity contribution in [3.63, 3.8) is 0 Å². The number of alkyl halides is 3. The molecule has 0 bridgehead atoms. The van der Waals surface area contributed by atoms with Gasteiger partial charge in [-0.2, -0.15) is 18.3 Å². The van der Waals surface area contributed by atoms with Crippen LogP contribution in [0.3, 0.4) is 0 Å². The maximum atomic E-state index is 13.4. The fourth-order valence-corrected chi connectivity index (χ4v) is 3.97. The van der Waals surface area contributed by atoms with Gasteiger partial charge in [0.2, 0.25) is 0 Å². The van der Waals surface area contributed by atoms with Gasteiger partial charge in [-0.05, 0) is 37.3 Å². The van der Waals surface area contributed by atoms with E-state index >= 15 is 0 Å². The molecule has 0 saturated carbocycles. The van der Waals surface area contributed by atoms with Gasteiger partial charge in [-0.3, -0.25) is 18.7 Å². The quantitative estimate of drug-likeness (QED) is 0.426. The minimum absolute atomic E-state index is 0.00574. The maximum Gasteiger partial charge on any atom is 0.416 e. The fourth-order valence-electron chi connectivity index (χ4n) is 3.97. The van der Waals surface area contributed by atoms with Crippen LogP contribution in [0.5, 0.6) is 0 Å². The van der Waals surface area contributed by atoms with Crippen LogP contribution in [0.4, 0.5) is 18.9 Å². The standard InChI is InChI=1S/C25H19F3N6O3/c1-14-20(21-19(22(35)30-3)13-31-34(21)17-10-8-16(29-2)9-11-17)23(36)32(4)24(37)33(14)18-7-5-6-15(12-18)25(26,27)28/h5-13H,1,3-4H3,(H,30,35). The molecule has 1 N–H and O–H groups in total. The topological polar surface area (TPSA) is 95.3 Å². The Balaban J connectivity index is 2.09. The van der Waals surface area contributed by atoms with Crippen molar-refractivity contribution in [1.29, 1.82) is 0 Å². The van der Waals surface area contributed by atoms with E-state index in [2.05, 4.69) is 15.3 Å². The van der Waals surface area contributed by atoms with Crippen LogP contribution < -0.4 is 16.6 Å². The summed E-state index contributed by atoms with van der Waals surface area (Å²) in [7, 11) is 2.59. The highest BCUT2D eigenvalue weighted by atomic mass is 19.4. The van der Waals surface area contributed by atoms with Gasteiger partial charge in [0.05, 0.1) is 46.5 Å². The van der Waals surface area contributed by atoms with Crippen molar-refractivity contribution in [3.8, 4) is 22.6 Å². The van der Waals surface area contributed by atoms with E-state index in [4.69, 9.17) is 6.57 Å². The third kappa shape index (κ3) is 4.31. The first kappa shape index (κ1) is 25.2. The number of aromatic nitrogens is 4. The summed E-state index contributed by atoms with van der Waals surface area (Å²) in [6.45, 7) is 8.55. The zero-order valence-corrected chi connectivity index (χ0v) is 19.8. The Labute approximate surface area is 207 Å². The van der Waals surface area contributed by atoms with Crippen LogP contribution >= 0.6 is 0 Å². The highest BCUT2D eigenvalue weighted by Crippen LogP contribution is 2.32. The molecule has 0 radical (unpaired) electrons. The summed E-state index contributed by atoms with van der Waals surface area (Å²) in [6.07, 6.45) is -3.41. The van der Waals surface area contributed by atoms with Crippen molar-refractivity contribution in [3.05, 3.63) is 104 Å². The van der Waals surface area contributed by atoms with Gasteiger partial charge in [-0.15, -0.1) is 0 Å². The molecule has 0 spiro atoms. The van der Waals surface area contributed by atoms with Gasteiger partial charge in [0, 0.05) is 19.8 Å². The summed E-state index contributed by atoms with van der Waals surface area (Å²) in [5.74, 6) is -0.572. The SMILES string of the molecule is [C-]#[N+]c1ccc(-n2ncc(C(=O)NC)c2-c2c(C)n(-c3cccc(C(F)(F)F)c3)c(=O)n(C)c2=O)cc1. The molecule has 1 amide bonds. The van der Waals surface area contributed by atoms with E-state index < -0.39 is 28.9 Å². The van der Waals surface area contributed by atoms with E-state index in [1.54, 1.807) is 12.1 Å². The van der Waals surface area contributed by atoms with E-state index in [1.807, 2.05) is 0 Å². The molecule has 37 heavy (non-hydrogen) atoms. The number of hydrogen-bond acceptors (Lipinski definition) is 4. The molecular formula is C25H19F3N6O3. The highest BCUT2D eigenvalue weighted by Gasteiger charge is 2.31. The lowest BCUT2D eigenvalue weighted by Gasteiger charge is -2.18. The van der Waals surface area contributed by atoms with Crippen LogP contribution in [0.1, 0.15) is 21.6 Å². The Morgan fingerprint density at radius 1 is 1.08 bits per heavy atom. The van der Waals surface area contributed by atoms with Gasteiger partial charge >= 0.3 is 11.9 Å². The zero-order valence-electron chi connectivity index (χ0n) is 19.8. The second kappa shape index (κ2) is 9.27. The molecule has 0 aliphatic carbocycles. The molecule has 0 aliphatic rings. The van der Waals surface area contributed by atoms with E-state index in [1.165, 1.54) is 50.1 Å². The predicted octanol–water partition coefficient (Wildman–Crippen LogP) is 3.63. The van der Waals surface area contributed by atoms with Crippen LogP contribution in [0.2, 0.25) is 0 Å². The van der Waals surface area contributed by atoms with Crippen LogP contribution in [0, 0.1) is 13.5 Å². The second-order valence-corrected chi connectivity index (χ2v) is 8.02. The molecule has 9 nitrogen and oxygen atoms in total. The Kier molecular flexibility index (Phi) is 6.31. The second-order valence-electron chi connectivity index (χ2n) is 8.02. The van der Waals surface area contributed by atoms with E-state index in [0.717, 1.165) is 27.3 Å². The molecular weight excluding hydrogens is 489 g/mol. The van der Waals surface area contributed by atoms with E-state index in [9.17, 15) is 27.6 Å². The molecule has 2 heterocycles. The molecule has 4 aromatic rings. The predicted molar refractivity (Wildman–Crippen MR) is 129 cm³/mol. The summed E-state index contributed by atoms with van der Waals surface area (Å²) in [5, 5.41) is 6.74. The first-order valence-corrected chi connectivity index (χ1v) is 10.8. The Morgan fingerprint density at radius 3 is 2.35 bits per heavy atom. The van der Waals surface area contributed by atoms with Gasteiger partial charge in [0.25, 0.3) is 11.5 Å². The summed E-state index contributed by atoms with van der Waals surface area (Å²) < 4.78 is 43.2. The number of amides is 1. The third-order valence-corrected chi connectivity index (χ3v) is 5.83. The average Bonchev–Trinajstić information content (AvgIpc) is 3.31. The van der Waals surface area contributed by atoms with Gasteiger partial charge in [0.15, 0.2) is 5.69 Å². The lowest BCUT2D eigenvalue weighted by molar-refractivity contribution is -0.137. The number of nitrogens with one attached hydrogen (secondary N) is 1. The highest BCUT2D eigenvalue weighted by molar-refractivity contribution is 6.00. The Hall–Kier alpha value is -4.92. The van der Waals surface area contributed by atoms with Gasteiger partial charge in [-0.25, -0.2) is 14.3 Å². The van der Waals surface area contributed by atoms with Crippen molar-refractivity contribution in [1.82, 2.24) is 24.2 Å². The lowest BCUT2D eigenvalue weighted by atomic mass is 10.1. The smallest absolute Gasteiger partial charge is 0.355 e. The molecule has 12 heteroatoms. The summed E-state index contributed by atoms with van der Waals surface area (Å²) in [4.78, 5) is 42.6. The molecule has 2 aromatic carbocycles. The normalized spacial score (nSPS) is 11.3. The van der Waals surface area contributed by atoms with Crippen LogP contribution in [-0.2, 0) is 13.2 Å². The van der Waals surface area contributed by atoms with Gasteiger partial charge in [0.1, 0.15) is 0 Å². The Bertz CT molecular complexity index is 1690. The van der Waals surface area contributed by atoms with Crippen molar-refractivity contribution >= 4 is 11.6 Å². The first-order chi connectivity index (χ1) is 17.5. The zero-order chi connectivity index (χ0) is 27.1. The average molecular weight is 508 g/mol. The molecule has 0 fully saturated rings. The number of rotatable bonds is 4. The number of hydrogen-bond donors (Lipinski definition) is 1. The maximum absolute atomic E-state index is 13.4. The summed E-state index contributed by atoms with van der Waals surface area (Å²) >= 11 is 0.